The molecule has 5 heteroatoms. The molecule has 3 aromatic carbocycles. The number of aryl methyl sites for hydroxylation is 1. The Kier molecular flexibility index (Phi) is 4.81. The van der Waals surface area contributed by atoms with E-state index in [1.807, 2.05) is 55.5 Å². The molecule has 1 unspecified atom stereocenters. The molecule has 140 valence electrons. The second-order valence-electron chi connectivity index (χ2n) is 6.82. The van der Waals surface area contributed by atoms with Crippen molar-refractivity contribution >= 4 is 23.2 Å². The Morgan fingerprint density at radius 1 is 0.964 bits per heavy atom. The van der Waals surface area contributed by atoms with Gasteiger partial charge in [0.2, 0.25) is 11.8 Å². The molecule has 4 rings (SSSR count). The summed E-state index contributed by atoms with van der Waals surface area (Å²) >= 11 is 0. The highest BCUT2D eigenvalue weighted by Crippen LogP contribution is 2.33. The van der Waals surface area contributed by atoms with E-state index < -0.39 is 5.92 Å². The van der Waals surface area contributed by atoms with Crippen molar-refractivity contribution in [2.45, 2.75) is 19.3 Å². The van der Waals surface area contributed by atoms with Crippen LogP contribution < -0.4 is 15.4 Å². The fourth-order valence-electron chi connectivity index (χ4n) is 3.22. The highest BCUT2D eigenvalue weighted by atomic mass is 16.5. The lowest BCUT2D eigenvalue weighted by molar-refractivity contribution is -0.123. The zero-order chi connectivity index (χ0) is 19.5. The Labute approximate surface area is 163 Å². The summed E-state index contributed by atoms with van der Waals surface area (Å²) in [5.41, 5.74) is 3.35. The summed E-state index contributed by atoms with van der Waals surface area (Å²) in [7, 11) is 0. The minimum atomic E-state index is -0.506. The van der Waals surface area contributed by atoms with Gasteiger partial charge < -0.3 is 15.4 Å². The SMILES string of the molecule is Cc1ccc(Oc2ccc(NC(=O)C3CC(=O)Nc4ccccc43)cc2)cc1. The summed E-state index contributed by atoms with van der Waals surface area (Å²) in [6.07, 6.45) is 0.136. The summed E-state index contributed by atoms with van der Waals surface area (Å²) in [6, 6.07) is 22.4. The molecule has 5 nitrogen and oxygen atoms in total. The van der Waals surface area contributed by atoms with Crippen LogP contribution in [0.3, 0.4) is 0 Å². The van der Waals surface area contributed by atoms with Crippen molar-refractivity contribution in [1.29, 1.82) is 0 Å². The first-order chi connectivity index (χ1) is 13.6. The minimum Gasteiger partial charge on any atom is -0.457 e. The van der Waals surface area contributed by atoms with Crippen LogP contribution in [-0.2, 0) is 9.59 Å². The lowest BCUT2D eigenvalue weighted by Gasteiger charge is -2.24. The maximum atomic E-state index is 12.8. The summed E-state index contributed by atoms with van der Waals surface area (Å²) in [4.78, 5) is 24.7. The number of amides is 2. The molecular formula is C23H20N2O3. The topological polar surface area (TPSA) is 67.4 Å². The third kappa shape index (κ3) is 3.88. The molecule has 0 saturated carbocycles. The Bertz CT molecular complexity index is 1010. The van der Waals surface area contributed by atoms with Gasteiger partial charge in [0.1, 0.15) is 11.5 Å². The number of hydrogen-bond acceptors (Lipinski definition) is 3. The van der Waals surface area contributed by atoms with E-state index in [1.54, 1.807) is 24.3 Å². The summed E-state index contributed by atoms with van der Waals surface area (Å²) < 4.78 is 5.80. The second kappa shape index (κ2) is 7.56. The molecule has 0 aromatic heterocycles. The highest BCUT2D eigenvalue weighted by molar-refractivity contribution is 6.05. The smallest absolute Gasteiger partial charge is 0.232 e. The largest absolute Gasteiger partial charge is 0.457 e. The number of rotatable bonds is 4. The van der Waals surface area contributed by atoms with E-state index in [-0.39, 0.29) is 18.2 Å². The lowest BCUT2D eigenvalue weighted by Crippen LogP contribution is -2.30. The van der Waals surface area contributed by atoms with Crippen LogP contribution in [0.15, 0.2) is 72.8 Å². The van der Waals surface area contributed by atoms with Gasteiger partial charge >= 0.3 is 0 Å². The van der Waals surface area contributed by atoms with Crippen LogP contribution in [0.5, 0.6) is 11.5 Å². The summed E-state index contributed by atoms with van der Waals surface area (Å²) in [5, 5.41) is 5.70. The van der Waals surface area contributed by atoms with Crippen molar-refractivity contribution < 1.29 is 14.3 Å². The molecule has 1 atom stereocenters. The van der Waals surface area contributed by atoms with Crippen molar-refractivity contribution in [2.24, 2.45) is 0 Å². The molecule has 0 fully saturated rings. The number of benzene rings is 3. The van der Waals surface area contributed by atoms with E-state index in [0.29, 0.717) is 17.1 Å². The average Bonchev–Trinajstić information content (AvgIpc) is 2.70. The Morgan fingerprint density at radius 3 is 2.32 bits per heavy atom. The molecular weight excluding hydrogens is 352 g/mol. The molecule has 2 N–H and O–H groups in total. The zero-order valence-corrected chi connectivity index (χ0v) is 15.4. The van der Waals surface area contributed by atoms with E-state index >= 15 is 0 Å². The Hall–Kier alpha value is -3.60. The van der Waals surface area contributed by atoms with Gasteiger partial charge in [-0.05, 0) is 55.0 Å². The molecule has 3 aromatic rings. The first-order valence-corrected chi connectivity index (χ1v) is 9.13. The number of hydrogen-bond donors (Lipinski definition) is 2. The van der Waals surface area contributed by atoms with Crippen LogP contribution in [0.1, 0.15) is 23.5 Å². The second-order valence-corrected chi connectivity index (χ2v) is 6.82. The normalized spacial score (nSPS) is 15.3. The predicted octanol–water partition coefficient (Wildman–Crippen LogP) is 4.85. The van der Waals surface area contributed by atoms with Crippen LogP contribution in [-0.4, -0.2) is 11.8 Å². The summed E-state index contributed by atoms with van der Waals surface area (Å²) in [5.74, 6) is 0.583. The molecule has 0 aliphatic carbocycles. The molecule has 28 heavy (non-hydrogen) atoms. The van der Waals surface area contributed by atoms with Crippen molar-refractivity contribution in [3.63, 3.8) is 0 Å². The van der Waals surface area contributed by atoms with Crippen LogP contribution in [0.2, 0.25) is 0 Å². The number of para-hydroxylation sites is 1. The maximum Gasteiger partial charge on any atom is 0.232 e. The Balaban J connectivity index is 1.45. The maximum absolute atomic E-state index is 12.8. The molecule has 2 amide bonds. The summed E-state index contributed by atoms with van der Waals surface area (Å²) in [6.45, 7) is 2.02. The number of nitrogens with one attached hydrogen (secondary N) is 2. The predicted molar refractivity (Wildman–Crippen MR) is 109 cm³/mol. The van der Waals surface area contributed by atoms with E-state index in [0.717, 1.165) is 11.3 Å². The Morgan fingerprint density at radius 2 is 1.61 bits per heavy atom. The van der Waals surface area contributed by atoms with E-state index in [2.05, 4.69) is 10.6 Å². The van der Waals surface area contributed by atoms with Crippen LogP contribution in [0.25, 0.3) is 0 Å². The highest BCUT2D eigenvalue weighted by Gasteiger charge is 2.30. The molecule has 0 bridgehead atoms. The molecule has 0 radical (unpaired) electrons. The molecule has 0 saturated heterocycles. The monoisotopic (exact) mass is 372 g/mol. The first kappa shape index (κ1) is 17.8. The average molecular weight is 372 g/mol. The third-order valence-electron chi connectivity index (χ3n) is 4.69. The van der Waals surface area contributed by atoms with Gasteiger partial charge in [-0.3, -0.25) is 9.59 Å². The van der Waals surface area contributed by atoms with Gasteiger partial charge in [-0.2, -0.15) is 0 Å². The van der Waals surface area contributed by atoms with Crippen molar-refractivity contribution in [3.8, 4) is 11.5 Å². The third-order valence-corrected chi connectivity index (χ3v) is 4.69. The van der Waals surface area contributed by atoms with Gasteiger partial charge in [0.15, 0.2) is 0 Å². The molecule has 1 aliphatic rings. The zero-order valence-electron chi connectivity index (χ0n) is 15.4. The molecule has 1 heterocycles. The number of anilines is 2. The van der Waals surface area contributed by atoms with E-state index in [9.17, 15) is 9.59 Å². The lowest BCUT2D eigenvalue weighted by atomic mass is 9.90. The molecule has 1 aliphatic heterocycles. The van der Waals surface area contributed by atoms with Crippen LogP contribution in [0, 0.1) is 6.92 Å². The van der Waals surface area contributed by atoms with Crippen LogP contribution >= 0.6 is 0 Å². The van der Waals surface area contributed by atoms with E-state index in [4.69, 9.17) is 4.74 Å². The number of carbonyl (C=O) groups is 2. The minimum absolute atomic E-state index is 0.136. The first-order valence-electron chi connectivity index (χ1n) is 9.13. The van der Waals surface area contributed by atoms with Gasteiger partial charge in [0, 0.05) is 17.8 Å². The van der Waals surface area contributed by atoms with Crippen LogP contribution in [0.4, 0.5) is 11.4 Å². The number of carbonyl (C=O) groups excluding carboxylic acids is 2. The van der Waals surface area contributed by atoms with Crippen molar-refractivity contribution in [2.75, 3.05) is 10.6 Å². The quantitative estimate of drug-likeness (QED) is 0.688. The van der Waals surface area contributed by atoms with Gasteiger partial charge in [0.05, 0.1) is 5.92 Å². The fraction of sp³-hybridized carbons (Fsp3) is 0.130. The van der Waals surface area contributed by atoms with Crippen molar-refractivity contribution in [3.05, 3.63) is 83.9 Å². The standard InChI is InChI=1S/C23H20N2O3/c1-15-6-10-17(11-7-15)28-18-12-8-16(9-13-18)24-23(27)20-14-22(26)25-21-5-3-2-4-19(20)21/h2-13,20H,14H2,1H3,(H,24,27)(H,25,26). The fourth-order valence-corrected chi connectivity index (χ4v) is 3.22. The number of fused-ring (bicyclic) bond motifs is 1. The number of ether oxygens (including phenoxy) is 1. The van der Waals surface area contributed by atoms with Gasteiger partial charge in [-0.1, -0.05) is 35.9 Å². The van der Waals surface area contributed by atoms with Crippen molar-refractivity contribution in [1.82, 2.24) is 0 Å². The molecule has 0 spiro atoms. The van der Waals surface area contributed by atoms with Gasteiger partial charge in [-0.25, -0.2) is 0 Å². The van der Waals surface area contributed by atoms with E-state index in [1.165, 1.54) is 5.56 Å². The van der Waals surface area contributed by atoms with Gasteiger partial charge in [-0.15, -0.1) is 0 Å². The van der Waals surface area contributed by atoms with Gasteiger partial charge in [0.25, 0.3) is 0 Å².